The van der Waals surface area contributed by atoms with Gasteiger partial charge in [0.25, 0.3) is 0 Å². The maximum absolute atomic E-state index is 6.77. The van der Waals surface area contributed by atoms with Gasteiger partial charge in [0, 0.05) is 60.6 Å². The molecule has 266 valence electrons. The molecule has 0 unspecified atom stereocenters. The Bertz CT molecular complexity index is 3530. The first-order valence-corrected chi connectivity index (χ1v) is 19.0. The maximum atomic E-state index is 6.77. The average Bonchev–Trinajstić information content (AvgIpc) is 3.95. The zero-order valence-corrected chi connectivity index (χ0v) is 30.4. The molecule has 0 atom stereocenters. The van der Waals surface area contributed by atoms with Crippen molar-refractivity contribution >= 4 is 65.7 Å². The van der Waals surface area contributed by atoms with Crippen LogP contribution in [0.3, 0.4) is 0 Å². The van der Waals surface area contributed by atoms with Gasteiger partial charge in [-0.1, -0.05) is 133 Å². The third kappa shape index (κ3) is 4.94. The number of rotatable bonds is 5. The van der Waals surface area contributed by atoms with Crippen LogP contribution in [0.2, 0.25) is 0 Å². The predicted octanol–water partition coefficient (Wildman–Crippen LogP) is 13.4. The number of benzene rings is 8. The zero-order valence-electron chi connectivity index (χ0n) is 30.4. The molecule has 0 fully saturated rings. The van der Waals surface area contributed by atoms with Crippen molar-refractivity contribution in [2.75, 3.05) is 0 Å². The van der Waals surface area contributed by atoms with Crippen LogP contribution in [0.4, 0.5) is 0 Å². The van der Waals surface area contributed by atoms with E-state index in [1.807, 2.05) is 66.7 Å². The van der Waals surface area contributed by atoms with Gasteiger partial charge in [0.1, 0.15) is 22.3 Å². The molecule has 0 amide bonds. The molecule has 0 aliphatic rings. The largest absolute Gasteiger partial charge is 0.456 e. The Morgan fingerprint density at radius 2 is 0.965 bits per heavy atom. The number of furan rings is 2. The number of aromatic nitrogens is 4. The summed E-state index contributed by atoms with van der Waals surface area (Å²) in [6.07, 6.45) is 0. The fraction of sp³-hybridized carbons (Fsp3) is 0. The third-order valence-corrected chi connectivity index (χ3v) is 11.1. The van der Waals surface area contributed by atoms with Gasteiger partial charge in [-0.15, -0.1) is 0 Å². The second-order valence-electron chi connectivity index (χ2n) is 14.4. The molecular weight excluding hydrogens is 701 g/mol. The smallest absolute Gasteiger partial charge is 0.166 e. The van der Waals surface area contributed by atoms with Crippen molar-refractivity contribution in [2.24, 2.45) is 0 Å². The van der Waals surface area contributed by atoms with E-state index in [1.165, 1.54) is 0 Å². The molecule has 0 aliphatic carbocycles. The lowest BCUT2D eigenvalue weighted by Crippen LogP contribution is -2.03. The monoisotopic (exact) mass is 730 g/mol. The number of fused-ring (bicyclic) bond motifs is 9. The minimum atomic E-state index is 0.566. The molecule has 0 N–H and O–H groups in total. The van der Waals surface area contributed by atoms with Crippen LogP contribution in [0.25, 0.3) is 117 Å². The summed E-state index contributed by atoms with van der Waals surface area (Å²) in [4.78, 5) is 15.4. The summed E-state index contributed by atoms with van der Waals surface area (Å²) in [7, 11) is 0. The fourth-order valence-electron chi connectivity index (χ4n) is 8.43. The topological polar surface area (TPSA) is 69.9 Å². The summed E-state index contributed by atoms with van der Waals surface area (Å²) >= 11 is 0. The van der Waals surface area contributed by atoms with Gasteiger partial charge in [0.2, 0.25) is 0 Å². The highest BCUT2D eigenvalue weighted by atomic mass is 16.3. The Labute approximate surface area is 325 Å². The Morgan fingerprint density at radius 3 is 1.82 bits per heavy atom. The van der Waals surface area contributed by atoms with Gasteiger partial charge in [0.05, 0.1) is 16.7 Å². The van der Waals surface area contributed by atoms with Crippen molar-refractivity contribution in [3.63, 3.8) is 0 Å². The SMILES string of the molecule is c1ccc(-c2nc(-c3ccc4c(c3)oc3ccccc34)nc(-c3ccccc3-n3c4ccccc4c4cc5c(cc43)oc3c(-c4ccccc4)cccc35)n2)cc1. The van der Waals surface area contributed by atoms with Crippen molar-refractivity contribution in [2.45, 2.75) is 0 Å². The normalized spacial score (nSPS) is 11.9. The Kier molecular flexibility index (Phi) is 6.83. The van der Waals surface area contributed by atoms with Gasteiger partial charge >= 0.3 is 0 Å². The van der Waals surface area contributed by atoms with E-state index in [0.29, 0.717) is 17.5 Å². The number of hydrogen-bond acceptors (Lipinski definition) is 5. The summed E-state index contributed by atoms with van der Waals surface area (Å²) in [6.45, 7) is 0. The average molecular weight is 731 g/mol. The van der Waals surface area contributed by atoms with Gasteiger partial charge < -0.3 is 13.4 Å². The Hall–Kier alpha value is -7.83. The lowest BCUT2D eigenvalue weighted by Gasteiger charge is -2.14. The van der Waals surface area contributed by atoms with Gasteiger partial charge in [-0.25, -0.2) is 15.0 Å². The fourth-order valence-corrected chi connectivity index (χ4v) is 8.43. The minimum absolute atomic E-state index is 0.566. The Morgan fingerprint density at radius 1 is 0.333 bits per heavy atom. The highest BCUT2D eigenvalue weighted by Crippen LogP contribution is 2.42. The predicted molar refractivity (Wildman–Crippen MR) is 230 cm³/mol. The van der Waals surface area contributed by atoms with Crippen LogP contribution in [0.5, 0.6) is 0 Å². The molecule has 12 rings (SSSR count). The van der Waals surface area contributed by atoms with Crippen LogP contribution in [0.1, 0.15) is 0 Å². The van der Waals surface area contributed by atoms with Gasteiger partial charge in [0.15, 0.2) is 17.5 Å². The van der Waals surface area contributed by atoms with E-state index in [1.54, 1.807) is 0 Å². The summed E-state index contributed by atoms with van der Waals surface area (Å²) in [5.74, 6) is 1.73. The van der Waals surface area contributed by atoms with E-state index < -0.39 is 0 Å². The summed E-state index contributed by atoms with van der Waals surface area (Å²) in [6, 6.07) is 62.6. The number of para-hydroxylation sites is 4. The van der Waals surface area contributed by atoms with Crippen LogP contribution in [-0.2, 0) is 0 Å². The van der Waals surface area contributed by atoms with Crippen molar-refractivity contribution in [3.8, 4) is 51.0 Å². The van der Waals surface area contributed by atoms with Crippen LogP contribution in [0.15, 0.2) is 191 Å². The molecule has 6 nitrogen and oxygen atoms in total. The molecule has 8 aromatic carbocycles. The molecule has 4 aromatic heterocycles. The first kappa shape index (κ1) is 31.5. The van der Waals surface area contributed by atoms with Crippen LogP contribution < -0.4 is 0 Å². The van der Waals surface area contributed by atoms with Gasteiger partial charge in [-0.3, -0.25) is 0 Å². The highest BCUT2D eigenvalue weighted by molar-refractivity contribution is 6.19. The molecule has 0 spiro atoms. The van der Waals surface area contributed by atoms with Gasteiger partial charge in [-0.05, 0) is 48.0 Å². The summed E-state index contributed by atoms with van der Waals surface area (Å²) in [5, 5.41) is 6.61. The molecule has 4 heterocycles. The minimum Gasteiger partial charge on any atom is -0.456 e. The van der Waals surface area contributed by atoms with E-state index in [4.69, 9.17) is 23.8 Å². The van der Waals surface area contributed by atoms with Crippen molar-refractivity contribution in [1.82, 2.24) is 19.5 Å². The lowest BCUT2D eigenvalue weighted by molar-refractivity contribution is 0.669. The lowest BCUT2D eigenvalue weighted by atomic mass is 10.0. The molecule has 0 aliphatic heterocycles. The van der Waals surface area contributed by atoms with Crippen LogP contribution >= 0.6 is 0 Å². The molecule has 12 aromatic rings. The molecule has 57 heavy (non-hydrogen) atoms. The Balaban J connectivity index is 1.09. The van der Waals surface area contributed by atoms with Crippen LogP contribution in [0, 0.1) is 0 Å². The van der Waals surface area contributed by atoms with E-state index in [-0.39, 0.29) is 0 Å². The van der Waals surface area contributed by atoms with Crippen molar-refractivity contribution < 1.29 is 8.83 Å². The van der Waals surface area contributed by atoms with E-state index in [9.17, 15) is 0 Å². The summed E-state index contributed by atoms with van der Waals surface area (Å²) in [5.41, 5.74) is 11.2. The molecule has 0 bridgehead atoms. The molecule has 0 saturated heterocycles. The van der Waals surface area contributed by atoms with E-state index >= 15 is 0 Å². The van der Waals surface area contributed by atoms with Crippen molar-refractivity contribution in [3.05, 3.63) is 182 Å². The van der Waals surface area contributed by atoms with Gasteiger partial charge in [-0.2, -0.15) is 0 Å². The standard InChI is InChI=1S/C51H30N4O2/c1-3-14-31(15-4-1)34-21-13-22-38-41-29-40-35-18-7-10-23-42(35)55(44(40)30-47(41)57-48(34)38)43-24-11-8-20-39(43)51-53-49(32-16-5-2-6-17-32)52-50(54-51)33-26-27-37-36-19-9-12-25-45(36)56-46(37)28-33/h1-30H. The molecule has 6 heteroatoms. The zero-order chi connectivity index (χ0) is 37.5. The first-order valence-electron chi connectivity index (χ1n) is 19.0. The highest BCUT2D eigenvalue weighted by Gasteiger charge is 2.22. The first-order chi connectivity index (χ1) is 28.2. The molecular formula is C51H30N4O2. The maximum Gasteiger partial charge on any atom is 0.166 e. The van der Waals surface area contributed by atoms with Crippen LogP contribution in [-0.4, -0.2) is 19.5 Å². The summed E-state index contributed by atoms with van der Waals surface area (Å²) < 4.78 is 15.4. The van der Waals surface area contributed by atoms with Crippen molar-refractivity contribution in [1.29, 1.82) is 0 Å². The third-order valence-electron chi connectivity index (χ3n) is 11.1. The molecule has 0 radical (unpaired) electrons. The quantitative estimate of drug-likeness (QED) is 0.176. The van der Waals surface area contributed by atoms with E-state index in [2.05, 4.69) is 120 Å². The molecule has 0 saturated carbocycles. The van der Waals surface area contributed by atoms with E-state index in [0.717, 1.165) is 99.2 Å². The second-order valence-corrected chi connectivity index (χ2v) is 14.4. The second kappa shape index (κ2) is 12.3. The number of nitrogens with zero attached hydrogens (tertiary/aromatic N) is 4. The number of hydrogen-bond donors (Lipinski definition) is 0.